The number of thiophene rings is 1. The van der Waals surface area contributed by atoms with Gasteiger partial charge in [-0.05, 0) is 24.1 Å². The number of carbonyl (C=O) groups is 1. The van der Waals surface area contributed by atoms with Gasteiger partial charge in [0, 0.05) is 28.4 Å². The Kier molecular flexibility index (Phi) is 5.62. The molecule has 3 heterocycles. The lowest BCUT2D eigenvalue weighted by Gasteiger charge is -2.24. The molecule has 3 aromatic rings. The van der Waals surface area contributed by atoms with E-state index in [-0.39, 0.29) is 5.91 Å². The van der Waals surface area contributed by atoms with Gasteiger partial charge in [0.05, 0.1) is 35.4 Å². The minimum atomic E-state index is -0.0748. The first-order valence-electron chi connectivity index (χ1n) is 9.27. The lowest BCUT2D eigenvalue weighted by Crippen LogP contribution is -2.26. The standard InChI is InChI=1S/C21H20N4O2S2/c1-3-18-15(16-10-27-12-25(2)20(16)29-18)8-19(26)24-21-23-17(11-28-21)14-6-4-13(9-22)5-7-14/h4-7,11H,3,8,10,12H2,1-2H3,(H,23,24,26). The molecule has 1 amide bonds. The highest BCUT2D eigenvalue weighted by molar-refractivity contribution is 7.16. The van der Waals surface area contributed by atoms with Gasteiger partial charge >= 0.3 is 0 Å². The molecule has 0 atom stereocenters. The fourth-order valence-corrected chi connectivity index (χ4v) is 5.28. The van der Waals surface area contributed by atoms with Crippen molar-refractivity contribution >= 4 is 38.7 Å². The number of fused-ring (bicyclic) bond motifs is 1. The maximum atomic E-state index is 12.7. The van der Waals surface area contributed by atoms with Crippen molar-refractivity contribution in [1.82, 2.24) is 4.98 Å². The third-order valence-electron chi connectivity index (χ3n) is 4.78. The van der Waals surface area contributed by atoms with Crippen LogP contribution in [0.3, 0.4) is 0 Å². The molecule has 2 aromatic heterocycles. The van der Waals surface area contributed by atoms with Crippen molar-refractivity contribution in [2.75, 3.05) is 24.0 Å². The molecule has 0 bridgehead atoms. The van der Waals surface area contributed by atoms with Crippen LogP contribution in [0.5, 0.6) is 0 Å². The molecule has 1 aromatic carbocycles. The predicted octanol–water partition coefficient (Wildman–Crippen LogP) is 4.41. The zero-order valence-corrected chi connectivity index (χ0v) is 17.8. The molecule has 29 heavy (non-hydrogen) atoms. The smallest absolute Gasteiger partial charge is 0.230 e. The van der Waals surface area contributed by atoms with Gasteiger partial charge in [-0.1, -0.05) is 19.1 Å². The van der Waals surface area contributed by atoms with Crippen molar-refractivity contribution in [3.8, 4) is 17.3 Å². The molecule has 4 rings (SSSR count). The van der Waals surface area contributed by atoms with E-state index in [4.69, 9.17) is 10.00 Å². The highest BCUT2D eigenvalue weighted by atomic mass is 32.1. The Labute approximate surface area is 177 Å². The molecular formula is C21H20N4O2S2. The SMILES string of the molecule is CCc1sc2c(c1CC(=O)Nc1nc(-c3ccc(C#N)cc3)cs1)COCN2C. The number of benzene rings is 1. The number of anilines is 2. The maximum absolute atomic E-state index is 12.7. The Morgan fingerprint density at radius 1 is 1.38 bits per heavy atom. The summed E-state index contributed by atoms with van der Waals surface area (Å²) in [6.45, 7) is 3.25. The Hall–Kier alpha value is -2.73. The molecular weight excluding hydrogens is 404 g/mol. The summed E-state index contributed by atoms with van der Waals surface area (Å²) >= 11 is 3.15. The number of nitriles is 1. The summed E-state index contributed by atoms with van der Waals surface area (Å²) in [5, 5.41) is 15.5. The maximum Gasteiger partial charge on any atom is 0.230 e. The average Bonchev–Trinajstić information content (AvgIpc) is 3.34. The predicted molar refractivity (Wildman–Crippen MR) is 116 cm³/mol. The van der Waals surface area contributed by atoms with E-state index in [0.29, 0.717) is 30.5 Å². The van der Waals surface area contributed by atoms with Gasteiger partial charge in [-0.3, -0.25) is 4.79 Å². The van der Waals surface area contributed by atoms with E-state index in [2.05, 4.69) is 28.2 Å². The Bertz CT molecular complexity index is 1080. The van der Waals surface area contributed by atoms with E-state index in [1.807, 2.05) is 24.6 Å². The van der Waals surface area contributed by atoms with E-state index in [0.717, 1.165) is 28.8 Å². The second kappa shape index (κ2) is 8.33. The van der Waals surface area contributed by atoms with E-state index < -0.39 is 0 Å². The molecule has 8 heteroatoms. The number of nitrogens with one attached hydrogen (secondary N) is 1. The summed E-state index contributed by atoms with van der Waals surface area (Å²) in [6.07, 6.45) is 1.21. The van der Waals surface area contributed by atoms with Crippen LogP contribution in [0.1, 0.15) is 28.5 Å². The summed E-state index contributed by atoms with van der Waals surface area (Å²) < 4.78 is 5.65. The third kappa shape index (κ3) is 4.03. The molecule has 0 unspecified atom stereocenters. The van der Waals surface area contributed by atoms with E-state index in [1.54, 1.807) is 23.5 Å². The van der Waals surface area contributed by atoms with Gasteiger partial charge in [-0.25, -0.2) is 4.98 Å². The summed E-state index contributed by atoms with van der Waals surface area (Å²) in [7, 11) is 2.01. The minimum absolute atomic E-state index is 0.0748. The molecule has 0 saturated carbocycles. The number of hydrogen-bond acceptors (Lipinski definition) is 7. The van der Waals surface area contributed by atoms with Crippen LogP contribution in [0, 0.1) is 11.3 Å². The summed E-state index contributed by atoms with van der Waals surface area (Å²) in [5.74, 6) is -0.0748. The molecule has 1 aliphatic rings. The summed E-state index contributed by atoms with van der Waals surface area (Å²) in [5.41, 5.74) is 4.53. The number of aromatic nitrogens is 1. The Morgan fingerprint density at radius 3 is 2.90 bits per heavy atom. The first-order valence-corrected chi connectivity index (χ1v) is 11.0. The molecule has 0 fully saturated rings. The summed E-state index contributed by atoms with van der Waals surface area (Å²) in [4.78, 5) is 20.6. The van der Waals surface area contributed by atoms with Crippen molar-refractivity contribution < 1.29 is 9.53 Å². The molecule has 0 radical (unpaired) electrons. The quantitative estimate of drug-likeness (QED) is 0.656. The molecule has 1 N–H and O–H groups in total. The second-order valence-corrected chi connectivity index (χ2v) is 8.71. The minimum Gasteiger partial charge on any atom is -0.356 e. The molecule has 0 spiro atoms. The molecule has 0 saturated heterocycles. The highest BCUT2D eigenvalue weighted by Gasteiger charge is 2.25. The van der Waals surface area contributed by atoms with Crippen LogP contribution in [-0.4, -0.2) is 24.7 Å². The van der Waals surface area contributed by atoms with Gasteiger partial charge in [0.1, 0.15) is 6.73 Å². The Balaban J connectivity index is 1.48. The van der Waals surface area contributed by atoms with Gasteiger partial charge in [0.15, 0.2) is 5.13 Å². The van der Waals surface area contributed by atoms with Crippen LogP contribution in [0.4, 0.5) is 10.1 Å². The highest BCUT2D eigenvalue weighted by Crippen LogP contribution is 2.39. The van der Waals surface area contributed by atoms with Crippen LogP contribution in [0.2, 0.25) is 0 Å². The van der Waals surface area contributed by atoms with Crippen LogP contribution < -0.4 is 10.2 Å². The number of amides is 1. The van der Waals surface area contributed by atoms with Crippen molar-refractivity contribution in [1.29, 1.82) is 5.26 Å². The second-order valence-electron chi connectivity index (χ2n) is 6.77. The topological polar surface area (TPSA) is 78.2 Å². The number of aryl methyl sites for hydroxylation is 1. The third-order valence-corrected chi connectivity index (χ3v) is 7.07. The zero-order valence-electron chi connectivity index (χ0n) is 16.2. The average molecular weight is 425 g/mol. The van der Waals surface area contributed by atoms with E-state index >= 15 is 0 Å². The number of rotatable bonds is 5. The van der Waals surface area contributed by atoms with Gasteiger partial charge in [-0.15, -0.1) is 22.7 Å². The lowest BCUT2D eigenvalue weighted by atomic mass is 10.0. The Morgan fingerprint density at radius 2 is 2.17 bits per heavy atom. The van der Waals surface area contributed by atoms with Crippen molar-refractivity contribution in [3.63, 3.8) is 0 Å². The van der Waals surface area contributed by atoms with Crippen molar-refractivity contribution in [3.05, 3.63) is 51.2 Å². The molecule has 0 aliphatic carbocycles. The first-order chi connectivity index (χ1) is 14.1. The van der Waals surface area contributed by atoms with Crippen LogP contribution in [0.15, 0.2) is 29.6 Å². The van der Waals surface area contributed by atoms with Crippen LogP contribution in [-0.2, 0) is 29.0 Å². The van der Waals surface area contributed by atoms with Gasteiger partial charge in [0.2, 0.25) is 5.91 Å². The first kappa shape index (κ1) is 19.6. The summed E-state index contributed by atoms with van der Waals surface area (Å²) in [6, 6.07) is 9.35. The van der Waals surface area contributed by atoms with Crippen LogP contribution in [0.25, 0.3) is 11.3 Å². The van der Waals surface area contributed by atoms with Crippen molar-refractivity contribution in [2.45, 2.75) is 26.4 Å². The largest absolute Gasteiger partial charge is 0.356 e. The number of thiazole rings is 1. The molecule has 1 aliphatic heterocycles. The van der Waals surface area contributed by atoms with E-state index in [1.165, 1.54) is 21.2 Å². The molecule has 148 valence electrons. The fraction of sp³-hybridized carbons (Fsp3) is 0.286. The fourth-order valence-electron chi connectivity index (χ4n) is 3.33. The lowest BCUT2D eigenvalue weighted by molar-refractivity contribution is -0.115. The number of carbonyl (C=O) groups excluding carboxylic acids is 1. The van der Waals surface area contributed by atoms with Crippen molar-refractivity contribution in [2.24, 2.45) is 0 Å². The number of hydrogen-bond donors (Lipinski definition) is 1. The molecule has 6 nitrogen and oxygen atoms in total. The van der Waals surface area contributed by atoms with Crippen LogP contribution >= 0.6 is 22.7 Å². The normalized spacial score (nSPS) is 13.1. The van der Waals surface area contributed by atoms with Gasteiger partial charge < -0.3 is 15.0 Å². The van der Waals surface area contributed by atoms with Gasteiger partial charge in [-0.2, -0.15) is 5.26 Å². The number of ether oxygens (including phenoxy) is 1. The van der Waals surface area contributed by atoms with Gasteiger partial charge in [0.25, 0.3) is 0 Å². The zero-order chi connectivity index (χ0) is 20.4. The monoisotopic (exact) mass is 424 g/mol. The van der Waals surface area contributed by atoms with E-state index in [9.17, 15) is 4.79 Å². The number of nitrogens with zero attached hydrogens (tertiary/aromatic N) is 3.